The van der Waals surface area contributed by atoms with E-state index in [0.717, 1.165) is 23.9 Å². The molecule has 0 aliphatic heterocycles. The van der Waals surface area contributed by atoms with Crippen molar-refractivity contribution in [2.75, 3.05) is 11.1 Å². The largest absolute Gasteiger partial charge is 0.459 e. The van der Waals surface area contributed by atoms with Crippen molar-refractivity contribution < 1.29 is 26.8 Å². The molecule has 13 heteroatoms. The van der Waals surface area contributed by atoms with E-state index in [4.69, 9.17) is 8.83 Å². The standard InChI is InChI=1S/C17H11F3N6O3S/c18-17(19,20)10-3-4-12(26-9-21-8-22-26)11(6-10)23-14(27)7-30-16-25-24-15(29-16)13-2-1-5-28-13/h1-6,8-9H,7H2,(H,23,27). The van der Waals surface area contributed by atoms with Crippen molar-refractivity contribution in [3.05, 3.63) is 54.8 Å². The first-order valence-corrected chi connectivity index (χ1v) is 9.25. The zero-order valence-corrected chi connectivity index (χ0v) is 15.6. The number of halogens is 3. The molecule has 3 aromatic heterocycles. The number of hydrogen-bond donors (Lipinski definition) is 1. The highest BCUT2D eigenvalue weighted by atomic mass is 32.2. The van der Waals surface area contributed by atoms with Gasteiger partial charge in [-0.05, 0) is 30.3 Å². The topological polar surface area (TPSA) is 112 Å². The van der Waals surface area contributed by atoms with Crippen LogP contribution in [0.5, 0.6) is 0 Å². The molecule has 154 valence electrons. The Morgan fingerprint density at radius 2 is 2.10 bits per heavy atom. The highest BCUT2D eigenvalue weighted by Crippen LogP contribution is 2.33. The molecule has 0 saturated carbocycles. The third kappa shape index (κ3) is 4.35. The number of alkyl halides is 3. The molecule has 1 N–H and O–H groups in total. The molecule has 9 nitrogen and oxygen atoms in total. The van der Waals surface area contributed by atoms with Crippen molar-refractivity contribution in [3.63, 3.8) is 0 Å². The molecule has 0 radical (unpaired) electrons. The average molecular weight is 436 g/mol. The van der Waals surface area contributed by atoms with Crippen LogP contribution in [0.2, 0.25) is 0 Å². The maximum atomic E-state index is 13.1. The lowest BCUT2D eigenvalue weighted by Gasteiger charge is -2.14. The molecular formula is C17H11F3N6O3S. The van der Waals surface area contributed by atoms with Gasteiger partial charge in [-0.1, -0.05) is 11.8 Å². The van der Waals surface area contributed by atoms with Crippen molar-refractivity contribution in [2.45, 2.75) is 11.4 Å². The molecule has 0 fully saturated rings. The van der Waals surface area contributed by atoms with Gasteiger partial charge in [0.15, 0.2) is 5.76 Å². The third-order valence-electron chi connectivity index (χ3n) is 3.73. The van der Waals surface area contributed by atoms with E-state index in [1.165, 1.54) is 29.7 Å². The Balaban J connectivity index is 1.48. The second-order valence-electron chi connectivity index (χ2n) is 5.76. The Morgan fingerprint density at radius 1 is 1.23 bits per heavy atom. The van der Waals surface area contributed by atoms with E-state index < -0.39 is 17.6 Å². The Bertz CT molecular complexity index is 1140. The number of carbonyl (C=O) groups excluding carboxylic acids is 1. The van der Waals surface area contributed by atoms with Crippen LogP contribution < -0.4 is 5.32 Å². The molecule has 0 atom stereocenters. The second kappa shape index (κ2) is 8.02. The molecular weight excluding hydrogens is 425 g/mol. The number of rotatable bonds is 6. The first-order valence-electron chi connectivity index (χ1n) is 8.26. The fourth-order valence-electron chi connectivity index (χ4n) is 2.43. The maximum Gasteiger partial charge on any atom is 0.416 e. The van der Waals surface area contributed by atoms with E-state index in [-0.39, 0.29) is 28.2 Å². The van der Waals surface area contributed by atoms with Gasteiger partial charge >= 0.3 is 6.18 Å². The van der Waals surface area contributed by atoms with Crippen LogP contribution in [0, 0.1) is 0 Å². The van der Waals surface area contributed by atoms with Crippen molar-refractivity contribution in [2.24, 2.45) is 0 Å². The fourth-order valence-corrected chi connectivity index (χ4v) is 2.99. The summed E-state index contributed by atoms with van der Waals surface area (Å²) in [6, 6.07) is 6.22. The van der Waals surface area contributed by atoms with E-state index in [9.17, 15) is 18.0 Å². The number of thioether (sulfide) groups is 1. The van der Waals surface area contributed by atoms with Gasteiger partial charge in [0.1, 0.15) is 12.7 Å². The first kappa shape index (κ1) is 19.7. The van der Waals surface area contributed by atoms with Crippen LogP contribution in [-0.2, 0) is 11.0 Å². The summed E-state index contributed by atoms with van der Waals surface area (Å²) in [5.41, 5.74) is -0.742. The zero-order valence-electron chi connectivity index (χ0n) is 14.8. The molecule has 0 aliphatic carbocycles. The number of aromatic nitrogens is 5. The number of anilines is 1. The number of furan rings is 1. The highest BCUT2D eigenvalue weighted by molar-refractivity contribution is 7.99. The predicted molar refractivity (Wildman–Crippen MR) is 97.7 cm³/mol. The Labute approximate surface area is 170 Å². The lowest BCUT2D eigenvalue weighted by Crippen LogP contribution is -2.17. The number of carbonyl (C=O) groups is 1. The SMILES string of the molecule is O=C(CSc1nnc(-c2ccco2)o1)Nc1cc(C(F)(F)F)ccc1-n1cncn1. The lowest BCUT2D eigenvalue weighted by molar-refractivity contribution is -0.137. The molecule has 1 amide bonds. The molecule has 0 bridgehead atoms. The van der Waals surface area contributed by atoms with Gasteiger partial charge in [0.2, 0.25) is 5.91 Å². The average Bonchev–Trinajstić information content (AvgIpc) is 3.48. The smallest absolute Gasteiger partial charge is 0.416 e. The molecule has 3 heterocycles. The Hall–Kier alpha value is -3.61. The molecule has 0 saturated heterocycles. The summed E-state index contributed by atoms with van der Waals surface area (Å²) in [5.74, 6) is -0.222. The maximum absolute atomic E-state index is 13.1. The van der Waals surface area contributed by atoms with E-state index in [1.807, 2.05) is 0 Å². The highest BCUT2D eigenvalue weighted by Gasteiger charge is 2.31. The minimum absolute atomic E-state index is 0.0669. The molecule has 1 aromatic carbocycles. The predicted octanol–water partition coefficient (Wildman–Crippen LogP) is 3.66. The molecule has 0 unspecified atom stereocenters. The van der Waals surface area contributed by atoms with Crippen LogP contribution >= 0.6 is 11.8 Å². The van der Waals surface area contributed by atoms with Crippen LogP contribution in [0.25, 0.3) is 17.3 Å². The lowest BCUT2D eigenvalue weighted by atomic mass is 10.1. The first-order chi connectivity index (χ1) is 14.4. The number of hydrogen-bond acceptors (Lipinski definition) is 8. The van der Waals surface area contributed by atoms with Crippen LogP contribution in [0.1, 0.15) is 5.56 Å². The number of nitrogens with one attached hydrogen (secondary N) is 1. The quantitative estimate of drug-likeness (QED) is 0.456. The van der Waals surface area contributed by atoms with E-state index in [2.05, 4.69) is 25.6 Å². The van der Waals surface area contributed by atoms with Gasteiger partial charge in [-0.2, -0.15) is 18.3 Å². The van der Waals surface area contributed by atoms with Gasteiger partial charge < -0.3 is 14.2 Å². The van der Waals surface area contributed by atoms with Crippen LogP contribution in [0.15, 0.2) is 63.3 Å². The molecule has 4 rings (SSSR count). The van der Waals surface area contributed by atoms with Gasteiger partial charge in [-0.3, -0.25) is 4.79 Å². The Morgan fingerprint density at radius 3 is 2.80 bits per heavy atom. The van der Waals surface area contributed by atoms with Gasteiger partial charge in [0.05, 0.1) is 29.0 Å². The normalized spacial score (nSPS) is 11.6. The number of nitrogens with zero attached hydrogens (tertiary/aromatic N) is 5. The van der Waals surface area contributed by atoms with Gasteiger partial charge in [0.25, 0.3) is 11.1 Å². The third-order valence-corrected chi connectivity index (χ3v) is 4.55. The number of benzene rings is 1. The number of amides is 1. The van der Waals surface area contributed by atoms with Crippen LogP contribution in [-0.4, -0.2) is 36.6 Å². The Kier molecular flexibility index (Phi) is 5.27. The molecule has 4 aromatic rings. The summed E-state index contributed by atoms with van der Waals surface area (Å²) in [7, 11) is 0. The van der Waals surface area contributed by atoms with Crippen molar-refractivity contribution in [3.8, 4) is 17.3 Å². The van der Waals surface area contributed by atoms with Crippen molar-refractivity contribution in [1.82, 2.24) is 25.0 Å². The van der Waals surface area contributed by atoms with E-state index >= 15 is 0 Å². The molecule has 30 heavy (non-hydrogen) atoms. The summed E-state index contributed by atoms with van der Waals surface area (Å²) in [6.45, 7) is 0. The zero-order chi connectivity index (χ0) is 21.1. The van der Waals surface area contributed by atoms with Crippen molar-refractivity contribution >= 4 is 23.4 Å². The summed E-state index contributed by atoms with van der Waals surface area (Å²) in [6.07, 6.45) is -0.588. The summed E-state index contributed by atoms with van der Waals surface area (Å²) >= 11 is 0.928. The summed E-state index contributed by atoms with van der Waals surface area (Å²) < 4.78 is 51.0. The minimum Gasteiger partial charge on any atom is -0.459 e. The minimum atomic E-state index is -4.57. The fraction of sp³-hybridized carbons (Fsp3) is 0.118. The van der Waals surface area contributed by atoms with Crippen LogP contribution in [0.3, 0.4) is 0 Å². The van der Waals surface area contributed by atoms with E-state index in [0.29, 0.717) is 5.76 Å². The molecule has 0 aliphatic rings. The monoisotopic (exact) mass is 436 g/mol. The van der Waals surface area contributed by atoms with Crippen LogP contribution in [0.4, 0.5) is 18.9 Å². The summed E-state index contributed by atoms with van der Waals surface area (Å²) in [4.78, 5) is 16.1. The van der Waals surface area contributed by atoms with Gasteiger partial charge in [0, 0.05) is 0 Å². The second-order valence-corrected chi connectivity index (χ2v) is 6.68. The molecule has 0 spiro atoms. The van der Waals surface area contributed by atoms with E-state index in [1.54, 1.807) is 12.1 Å². The van der Waals surface area contributed by atoms with Crippen molar-refractivity contribution in [1.29, 1.82) is 0 Å². The van der Waals surface area contributed by atoms with Gasteiger partial charge in [-0.25, -0.2) is 9.67 Å². The van der Waals surface area contributed by atoms with Gasteiger partial charge in [-0.15, -0.1) is 10.2 Å². The summed E-state index contributed by atoms with van der Waals surface area (Å²) in [5, 5.41) is 14.1.